The molecule has 1 aliphatic carbocycles. The zero-order valence-electron chi connectivity index (χ0n) is 77.8. The molecule has 23 rings (SSSR count). The van der Waals surface area contributed by atoms with Gasteiger partial charge < -0.3 is 88.7 Å². The van der Waals surface area contributed by atoms with Crippen LogP contribution in [0.2, 0.25) is 0 Å². The molecule has 1 saturated carbocycles. The molecule has 13 aromatic heterocycles. The number of halogens is 11. The van der Waals surface area contributed by atoms with E-state index >= 15 is 17.6 Å². The number of ether oxygens (including phenoxy) is 4. The van der Waals surface area contributed by atoms with Gasteiger partial charge in [0.05, 0.1) is 51.6 Å². The first kappa shape index (κ1) is 95.5. The van der Waals surface area contributed by atoms with E-state index in [4.69, 9.17) is 23.4 Å². The number of imidazole rings is 1. The Morgan fingerprint density at radius 1 is 0.432 bits per heavy atom. The second-order valence-corrected chi connectivity index (χ2v) is 34.8. The molecule has 0 bridgehead atoms. The zero-order valence-corrected chi connectivity index (χ0v) is 77.8. The number of fused-ring (bicyclic) bond motifs is 4. The van der Waals surface area contributed by atoms with Crippen LogP contribution in [0.5, 0.6) is 46.5 Å². The predicted molar refractivity (Wildman–Crippen MR) is 509 cm³/mol. The van der Waals surface area contributed by atoms with Crippen LogP contribution in [0.3, 0.4) is 0 Å². The Morgan fingerprint density at radius 3 is 1.14 bits per heavy atom. The van der Waals surface area contributed by atoms with Gasteiger partial charge >= 0.3 is 6.18 Å². The number of nitrogens with one attached hydrogen (secondary N) is 11. The minimum atomic E-state index is -4.69. The lowest BCUT2D eigenvalue weighted by atomic mass is 10.1. The molecule has 146 heavy (non-hydrogen) atoms. The number of hydrogen-bond acceptors (Lipinski definition) is 25. The average molecular weight is 2010 g/mol. The van der Waals surface area contributed by atoms with E-state index in [1.165, 1.54) is 65.0 Å². The molecule has 0 spiro atoms. The number of aromatic nitrogens is 20. The number of carbonyl (C=O) groups is 4. The van der Waals surface area contributed by atoms with Crippen molar-refractivity contribution in [3.63, 3.8) is 0 Å². The van der Waals surface area contributed by atoms with Crippen LogP contribution in [0.25, 0.3) is 66.8 Å². The Hall–Kier alpha value is -18.1. The van der Waals surface area contributed by atoms with Gasteiger partial charge in [-0.25, -0.2) is 80.0 Å². The van der Waals surface area contributed by atoms with Gasteiger partial charge in [0.2, 0.25) is 23.5 Å². The number of nitrogens with zero attached hydrogens (tertiary/aromatic N) is 17. The van der Waals surface area contributed by atoms with E-state index in [-0.39, 0.29) is 141 Å². The highest BCUT2D eigenvalue weighted by molar-refractivity contribution is 6.05. The van der Waals surface area contributed by atoms with Crippen LogP contribution in [-0.2, 0) is 6.18 Å². The third kappa shape index (κ3) is 19.6. The molecule has 0 atom stereocenters. The molecule has 17 heterocycles. The summed E-state index contributed by atoms with van der Waals surface area (Å²) in [6, 6.07) is 21.5. The van der Waals surface area contributed by atoms with Gasteiger partial charge in [-0.2, -0.15) is 28.5 Å². The molecule has 5 aliphatic rings. The Kier molecular flexibility index (Phi) is 25.8. The van der Waals surface area contributed by atoms with Gasteiger partial charge in [0.1, 0.15) is 53.3 Å². The summed E-state index contributed by atoms with van der Waals surface area (Å²) in [7, 11) is 0. The smallest absolute Gasteiger partial charge is 0.416 e. The van der Waals surface area contributed by atoms with Crippen molar-refractivity contribution >= 4 is 120 Å². The standard InChI is InChI=1S/C28H22F5N7O2.C24H19F2N7O3.2C23H21F2N7O2/c1-14-6-19-23(30)21(10-20(29)24(19)37-14)42-26-22(27(41)39-4-3-5-39)25(34-12-35-26)38-17-7-16(28(31,32)33)8-18(9-17)40-11-15(2)36-13-40;1-12-8-13-20(26)17(9-14(25)21(13)29-12)36-23-19(24(34)33-5-3-6-33)22(27-11-28-23)30-18-10-15(31-32-18)16-4-2-7-35-16;1-11-7-13-19(25)16(8-14(24)20(13)28-11)34-22-18(23(33)32-5-2-6-32)21(26-10-27-22)29-17-9-15(30-31-17)12-3-4-12;1-3-5-13-9-17(31-30-13)29-21-18(23(33)32-6-4-7-32)22(27-11-26-21)34-16-10-15(24)20-14(19(16)25)8-12(2)28-20/h6-13,37H,3-5H2,1-2H3,(H,34,35,38);2,4,7-11,29H,3,5-6H2,1H3,(H2,27,28,30,31,32);7-10,12,28H,2-6H2,1H3,(H2,26,27,29,30,31);3,5,8-11,28H,4,6-7H2,1-2H3,(H2,26,27,29,30,31)/b;;;5-3+. The van der Waals surface area contributed by atoms with Crippen molar-refractivity contribution in [2.24, 2.45) is 0 Å². The van der Waals surface area contributed by atoms with Gasteiger partial charge in [0.25, 0.3) is 23.6 Å². The number of rotatable bonds is 24. The second-order valence-electron chi connectivity index (χ2n) is 34.8. The van der Waals surface area contributed by atoms with Crippen molar-refractivity contribution < 1.29 is 90.8 Å². The van der Waals surface area contributed by atoms with Crippen LogP contribution >= 0.6 is 0 Å². The number of H-pyrrole nitrogens is 7. The van der Waals surface area contributed by atoms with Crippen molar-refractivity contribution in [1.82, 2.24) is 120 Å². The Labute approximate surface area is 817 Å². The van der Waals surface area contributed by atoms with E-state index in [1.54, 1.807) is 79.8 Å². The molecule has 746 valence electrons. The molecular formula is C98H83F11N28O9. The average Bonchev–Trinajstić information content (AvgIpc) is 1.72. The monoisotopic (exact) mass is 2000 g/mol. The van der Waals surface area contributed by atoms with Crippen LogP contribution in [0.15, 0.2) is 152 Å². The lowest BCUT2D eigenvalue weighted by Crippen LogP contribution is -2.42. The minimum absolute atomic E-state index is 0.00272. The summed E-state index contributed by atoms with van der Waals surface area (Å²) in [6.07, 6.45) is 13.6. The quantitative estimate of drug-likeness (QED) is 0.0250. The first-order chi connectivity index (χ1) is 70.4. The van der Waals surface area contributed by atoms with Crippen LogP contribution in [0.1, 0.15) is 138 Å². The molecule has 18 aromatic rings. The Morgan fingerprint density at radius 2 is 0.801 bits per heavy atom. The van der Waals surface area contributed by atoms with Crippen molar-refractivity contribution in [1.29, 1.82) is 0 Å². The molecule has 48 heteroatoms. The van der Waals surface area contributed by atoms with Crippen molar-refractivity contribution in [3.05, 3.63) is 261 Å². The third-order valence-corrected chi connectivity index (χ3v) is 24.3. The number of anilines is 8. The maximum Gasteiger partial charge on any atom is 0.416 e. The summed E-state index contributed by atoms with van der Waals surface area (Å²) < 4.78 is 191. The van der Waals surface area contributed by atoms with Crippen molar-refractivity contribution in [2.75, 3.05) is 73.6 Å². The lowest BCUT2D eigenvalue weighted by molar-refractivity contribution is -0.137. The van der Waals surface area contributed by atoms with E-state index in [0.717, 1.165) is 99.0 Å². The minimum Gasteiger partial charge on any atom is -0.463 e. The number of allylic oxidation sites excluding steroid dienone is 1. The topological polar surface area (TPSA) is 450 Å². The lowest BCUT2D eigenvalue weighted by Gasteiger charge is -2.31. The van der Waals surface area contributed by atoms with Gasteiger partial charge in [0, 0.05) is 168 Å². The number of furan rings is 1. The van der Waals surface area contributed by atoms with Gasteiger partial charge in [-0.05, 0) is 141 Å². The molecule has 5 aromatic carbocycles. The summed E-state index contributed by atoms with van der Waals surface area (Å²) in [6.45, 7) is 14.5. The number of aromatic amines is 7. The van der Waals surface area contributed by atoms with Crippen LogP contribution in [0, 0.1) is 81.2 Å². The number of aryl methyl sites for hydroxylation is 5. The fourth-order valence-electron chi connectivity index (χ4n) is 16.4. The maximum atomic E-state index is 15.3. The number of carbonyl (C=O) groups excluding carboxylic acids is 4. The maximum absolute atomic E-state index is 15.3. The van der Waals surface area contributed by atoms with Crippen molar-refractivity contribution in [3.8, 4) is 63.7 Å². The van der Waals surface area contributed by atoms with Gasteiger partial charge in [-0.1, -0.05) is 6.08 Å². The Balaban J connectivity index is 0.000000119. The highest BCUT2D eigenvalue weighted by atomic mass is 19.4. The summed E-state index contributed by atoms with van der Waals surface area (Å²) in [5, 5.41) is 33.2. The van der Waals surface area contributed by atoms with Crippen LogP contribution in [0.4, 0.5) is 94.7 Å². The molecule has 4 aliphatic heterocycles. The van der Waals surface area contributed by atoms with E-state index in [2.05, 4.69) is 117 Å². The highest BCUT2D eigenvalue weighted by Gasteiger charge is 2.39. The van der Waals surface area contributed by atoms with Gasteiger partial charge in [-0.3, -0.25) is 34.5 Å². The second kappa shape index (κ2) is 39.4. The van der Waals surface area contributed by atoms with E-state index in [1.807, 2.05) is 25.1 Å². The number of alkyl halides is 3. The first-order valence-corrected chi connectivity index (χ1v) is 45.7. The zero-order chi connectivity index (χ0) is 102. The fraction of sp³-hybridized carbons (Fsp3) is 0.224. The van der Waals surface area contributed by atoms with Crippen LogP contribution < -0.4 is 40.2 Å². The molecule has 5 fully saturated rings. The number of benzene rings is 5. The normalized spacial score (nSPS) is 13.8. The summed E-state index contributed by atoms with van der Waals surface area (Å²) in [5.41, 5.74) is 4.27. The number of amides is 4. The van der Waals surface area contributed by atoms with Gasteiger partial charge in [0.15, 0.2) is 116 Å². The number of likely N-dealkylation sites (tertiary alicyclic amines) is 4. The van der Waals surface area contributed by atoms with E-state index in [9.17, 15) is 49.9 Å². The molecule has 37 nitrogen and oxygen atoms in total. The van der Waals surface area contributed by atoms with E-state index < -0.39 is 87.5 Å². The molecule has 4 amide bonds. The summed E-state index contributed by atoms with van der Waals surface area (Å²) in [5.74, 6) is -7.86. The molecule has 4 saturated heterocycles. The molecule has 0 radical (unpaired) electrons. The fourth-order valence-corrected chi connectivity index (χ4v) is 16.4. The summed E-state index contributed by atoms with van der Waals surface area (Å²) >= 11 is 0. The third-order valence-electron chi connectivity index (χ3n) is 24.3. The molecular weight excluding hydrogens is 1920 g/mol. The predicted octanol–water partition coefficient (Wildman–Crippen LogP) is 20.6. The Bertz CT molecular complexity index is 8150. The van der Waals surface area contributed by atoms with Crippen LogP contribution in [-0.4, -0.2) is 196 Å². The van der Waals surface area contributed by atoms with Crippen molar-refractivity contribution in [2.45, 2.75) is 92.2 Å². The largest absolute Gasteiger partial charge is 0.463 e. The molecule has 11 N–H and O–H groups in total. The number of hydrogen-bond donors (Lipinski definition) is 11. The summed E-state index contributed by atoms with van der Waals surface area (Å²) in [4.78, 5) is 108. The first-order valence-electron chi connectivity index (χ1n) is 45.7. The SMILES string of the molecule is C/C=C/c1cc(Nc2ncnc(Oc3cc(F)c4[nH]c(C)cc4c3F)c2C(=O)N2CCC2)n[nH]1.Cc1cc2c(F)c(Oc3ncnc(Nc4cc(-c5ccco5)[nH]n4)c3C(=O)N3CCC3)cc(F)c2[nH]1.Cc1cc2c(F)c(Oc3ncnc(Nc4cc(C5CC5)[nH]n4)c3C(=O)N3CCC3)cc(F)c2[nH]1.Cc1cn(-c2cc(Nc3ncnc(Oc4cc(F)c5[nH]c(C)cc5c4F)c3C(=O)N3CCC3)cc(C(F)(F)F)c2)cn1. The molecule has 0 unspecified atom stereocenters. The van der Waals surface area contributed by atoms with E-state index in [0.29, 0.717) is 116 Å². The van der Waals surface area contributed by atoms with Gasteiger partial charge in [-0.15, -0.1) is 0 Å². The highest BCUT2D eigenvalue weighted by Crippen LogP contribution is 2.46.